The number of hydrogen-bond donors (Lipinski definition) is 1. The lowest BCUT2D eigenvalue weighted by molar-refractivity contribution is 0.541. The highest BCUT2D eigenvalue weighted by molar-refractivity contribution is 7.80. The highest BCUT2D eigenvalue weighted by Crippen LogP contribution is 2.23. The third-order valence-corrected chi connectivity index (χ3v) is 2.43. The van der Waals surface area contributed by atoms with E-state index in [1.165, 1.54) is 12.1 Å². The molecule has 1 nitrogen and oxygen atoms in total. The van der Waals surface area contributed by atoms with Gasteiger partial charge in [0.05, 0.1) is 4.90 Å². The molecule has 0 aromatic heterocycles. The molecular formula is C10H13F2NS. The topological polar surface area (TPSA) is 3.24 Å². The van der Waals surface area contributed by atoms with Gasteiger partial charge in [0.15, 0.2) is 0 Å². The lowest BCUT2D eigenvalue weighted by Gasteiger charge is -2.18. The molecule has 0 atom stereocenters. The molecular weight excluding hydrogens is 204 g/mol. The molecule has 0 bridgehead atoms. The SMILES string of the molecule is CCCN(C)c1cc(F)c(S)c(F)c1. The standard InChI is InChI=1S/C10H13F2NS/c1-3-4-13(2)7-5-8(11)10(14)9(12)6-7/h5-6,14H,3-4H2,1-2H3. The molecule has 0 N–H and O–H groups in total. The van der Waals surface area contributed by atoms with Crippen molar-refractivity contribution in [2.45, 2.75) is 18.2 Å². The molecule has 0 heterocycles. The number of thiol groups is 1. The van der Waals surface area contributed by atoms with Crippen LogP contribution in [-0.2, 0) is 0 Å². The zero-order valence-corrected chi connectivity index (χ0v) is 9.11. The van der Waals surface area contributed by atoms with Crippen molar-refractivity contribution in [3.8, 4) is 0 Å². The van der Waals surface area contributed by atoms with Gasteiger partial charge in [-0.3, -0.25) is 0 Å². The van der Waals surface area contributed by atoms with Gasteiger partial charge in [0, 0.05) is 19.3 Å². The maximum absolute atomic E-state index is 13.1. The summed E-state index contributed by atoms with van der Waals surface area (Å²) >= 11 is 3.71. The molecule has 0 aliphatic heterocycles. The van der Waals surface area contributed by atoms with Gasteiger partial charge in [-0.15, -0.1) is 12.6 Å². The maximum Gasteiger partial charge on any atom is 0.141 e. The van der Waals surface area contributed by atoms with Crippen molar-refractivity contribution in [3.63, 3.8) is 0 Å². The Balaban J connectivity index is 3.00. The van der Waals surface area contributed by atoms with E-state index in [0.29, 0.717) is 5.69 Å². The smallest absolute Gasteiger partial charge is 0.141 e. The van der Waals surface area contributed by atoms with Crippen LogP contribution < -0.4 is 4.90 Å². The first-order valence-electron chi connectivity index (χ1n) is 4.45. The fraction of sp³-hybridized carbons (Fsp3) is 0.400. The average Bonchev–Trinajstić information content (AvgIpc) is 2.13. The van der Waals surface area contributed by atoms with Crippen molar-refractivity contribution in [1.29, 1.82) is 0 Å². The van der Waals surface area contributed by atoms with Crippen molar-refractivity contribution >= 4 is 18.3 Å². The van der Waals surface area contributed by atoms with E-state index in [1.54, 1.807) is 11.9 Å². The van der Waals surface area contributed by atoms with E-state index in [2.05, 4.69) is 12.6 Å². The van der Waals surface area contributed by atoms with E-state index in [4.69, 9.17) is 0 Å². The van der Waals surface area contributed by atoms with E-state index in [0.717, 1.165) is 13.0 Å². The maximum atomic E-state index is 13.1. The molecule has 0 saturated heterocycles. The van der Waals surface area contributed by atoms with Gasteiger partial charge in [0.25, 0.3) is 0 Å². The van der Waals surface area contributed by atoms with Crippen LogP contribution in [0.4, 0.5) is 14.5 Å². The Kier molecular flexibility index (Phi) is 3.75. The summed E-state index contributed by atoms with van der Waals surface area (Å²) < 4.78 is 26.2. The van der Waals surface area contributed by atoms with Crippen molar-refractivity contribution in [3.05, 3.63) is 23.8 Å². The second-order valence-electron chi connectivity index (χ2n) is 3.18. The Bertz CT molecular complexity index is 305. The molecule has 4 heteroatoms. The number of halogens is 2. The molecule has 14 heavy (non-hydrogen) atoms. The highest BCUT2D eigenvalue weighted by atomic mass is 32.1. The minimum Gasteiger partial charge on any atom is -0.374 e. The van der Waals surface area contributed by atoms with Crippen LogP contribution in [0, 0.1) is 11.6 Å². The van der Waals surface area contributed by atoms with Gasteiger partial charge in [0.1, 0.15) is 11.6 Å². The van der Waals surface area contributed by atoms with Crippen molar-refractivity contribution in [2.24, 2.45) is 0 Å². The first-order chi connectivity index (χ1) is 6.56. The Hall–Kier alpha value is -0.770. The number of nitrogens with zero attached hydrogens (tertiary/aromatic N) is 1. The van der Waals surface area contributed by atoms with E-state index in [-0.39, 0.29) is 4.90 Å². The molecule has 0 aliphatic carbocycles. The first-order valence-corrected chi connectivity index (χ1v) is 4.90. The Labute approximate surface area is 88.1 Å². The second kappa shape index (κ2) is 4.64. The van der Waals surface area contributed by atoms with Crippen LogP contribution in [0.3, 0.4) is 0 Å². The molecule has 0 aliphatic rings. The van der Waals surface area contributed by atoms with Crippen LogP contribution in [0.5, 0.6) is 0 Å². The van der Waals surface area contributed by atoms with Gasteiger partial charge in [-0.1, -0.05) is 6.92 Å². The fourth-order valence-corrected chi connectivity index (χ4v) is 1.37. The average molecular weight is 217 g/mol. The molecule has 0 spiro atoms. The van der Waals surface area contributed by atoms with E-state index >= 15 is 0 Å². The number of hydrogen-bond acceptors (Lipinski definition) is 2. The minimum atomic E-state index is -0.619. The molecule has 78 valence electrons. The molecule has 1 rings (SSSR count). The zero-order valence-electron chi connectivity index (χ0n) is 8.22. The summed E-state index contributed by atoms with van der Waals surface area (Å²) in [7, 11) is 1.80. The molecule has 0 radical (unpaired) electrons. The Morgan fingerprint density at radius 1 is 1.29 bits per heavy atom. The quantitative estimate of drug-likeness (QED) is 0.761. The summed E-state index contributed by atoms with van der Waals surface area (Å²) in [5, 5.41) is 0. The van der Waals surface area contributed by atoms with E-state index < -0.39 is 11.6 Å². The van der Waals surface area contributed by atoms with Crippen LogP contribution in [0.1, 0.15) is 13.3 Å². The van der Waals surface area contributed by atoms with Gasteiger partial charge in [-0.25, -0.2) is 8.78 Å². The fourth-order valence-electron chi connectivity index (χ4n) is 1.24. The third-order valence-electron chi connectivity index (χ3n) is 2.00. The van der Waals surface area contributed by atoms with E-state index in [9.17, 15) is 8.78 Å². The van der Waals surface area contributed by atoms with Gasteiger partial charge in [-0.05, 0) is 18.6 Å². The predicted molar refractivity (Wildman–Crippen MR) is 57.2 cm³/mol. The zero-order chi connectivity index (χ0) is 10.7. The third kappa shape index (κ3) is 2.38. The second-order valence-corrected chi connectivity index (χ2v) is 3.63. The summed E-state index contributed by atoms with van der Waals surface area (Å²) in [5.41, 5.74) is 0.541. The van der Waals surface area contributed by atoms with E-state index in [1.807, 2.05) is 6.92 Å². The Morgan fingerprint density at radius 2 is 1.79 bits per heavy atom. The van der Waals surface area contributed by atoms with Crippen LogP contribution in [0.2, 0.25) is 0 Å². The van der Waals surface area contributed by atoms with Gasteiger partial charge < -0.3 is 4.90 Å². The molecule has 0 saturated carbocycles. The molecule has 1 aromatic rings. The van der Waals surface area contributed by atoms with Crippen LogP contribution in [0.25, 0.3) is 0 Å². The summed E-state index contributed by atoms with van der Waals surface area (Å²) in [6, 6.07) is 2.59. The lowest BCUT2D eigenvalue weighted by Crippen LogP contribution is -2.18. The minimum absolute atomic E-state index is 0.223. The lowest BCUT2D eigenvalue weighted by atomic mass is 10.2. The molecule has 0 unspecified atom stereocenters. The van der Waals surface area contributed by atoms with Crippen LogP contribution in [-0.4, -0.2) is 13.6 Å². The summed E-state index contributed by atoms with van der Waals surface area (Å²) in [6.07, 6.45) is 0.933. The van der Waals surface area contributed by atoms with Crippen LogP contribution >= 0.6 is 12.6 Å². The summed E-state index contributed by atoms with van der Waals surface area (Å²) in [5.74, 6) is -1.24. The first kappa shape index (κ1) is 11.3. The highest BCUT2D eigenvalue weighted by Gasteiger charge is 2.09. The van der Waals surface area contributed by atoms with Crippen molar-refractivity contribution in [1.82, 2.24) is 0 Å². The van der Waals surface area contributed by atoms with Crippen molar-refractivity contribution < 1.29 is 8.78 Å². The molecule has 1 aromatic carbocycles. The number of anilines is 1. The summed E-state index contributed by atoms with van der Waals surface area (Å²) in [6.45, 7) is 2.78. The van der Waals surface area contributed by atoms with Gasteiger partial charge in [0.2, 0.25) is 0 Å². The van der Waals surface area contributed by atoms with Gasteiger partial charge >= 0.3 is 0 Å². The largest absolute Gasteiger partial charge is 0.374 e. The number of benzene rings is 1. The molecule has 0 amide bonds. The Morgan fingerprint density at radius 3 is 2.21 bits per heavy atom. The number of rotatable bonds is 3. The predicted octanol–water partition coefficient (Wildman–Crippen LogP) is 3.10. The van der Waals surface area contributed by atoms with Crippen molar-refractivity contribution in [2.75, 3.05) is 18.5 Å². The normalized spacial score (nSPS) is 10.4. The summed E-state index contributed by atoms with van der Waals surface area (Å²) in [4.78, 5) is 1.58. The van der Waals surface area contributed by atoms with Gasteiger partial charge in [-0.2, -0.15) is 0 Å². The van der Waals surface area contributed by atoms with Crippen LogP contribution in [0.15, 0.2) is 17.0 Å². The monoisotopic (exact) mass is 217 g/mol. The molecule has 0 fully saturated rings.